The Balaban J connectivity index is 1.87. The number of halogens is 4. The SMILES string of the molecule is COC1=N/C(c2cc(CNC(=O)C(C)(C)C(F)(F)F)ccc2Cl)=C/CCC(c2ccc(C)c(C)c2)=N1. The van der Waals surface area contributed by atoms with Crippen LogP contribution in [0.2, 0.25) is 5.02 Å². The third-order valence-electron chi connectivity index (χ3n) is 6.22. The lowest BCUT2D eigenvalue weighted by Gasteiger charge is -2.26. The molecule has 1 N–H and O–H groups in total. The number of rotatable bonds is 5. The van der Waals surface area contributed by atoms with E-state index in [0.717, 1.165) is 25.1 Å². The number of amidine groups is 1. The third-order valence-corrected chi connectivity index (χ3v) is 6.55. The molecule has 1 aliphatic heterocycles. The Hall–Kier alpha value is -3.13. The van der Waals surface area contributed by atoms with Crippen molar-refractivity contribution in [3.8, 4) is 0 Å². The number of methoxy groups -OCH3 is 1. The molecule has 2 aromatic carbocycles. The normalized spacial score (nSPS) is 16.2. The van der Waals surface area contributed by atoms with Crippen molar-refractivity contribution in [2.24, 2.45) is 15.4 Å². The Morgan fingerprint density at radius 2 is 1.81 bits per heavy atom. The summed E-state index contributed by atoms with van der Waals surface area (Å²) in [6, 6.07) is 11.3. The minimum atomic E-state index is -4.66. The van der Waals surface area contributed by atoms with E-state index in [9.17, 15) is 18.0 Å². The molecule has 0 saturated carbocycles. The molecule has 0 fully saturated rings. The Morgan fingerprint density at radius 1 is 1.08 bits per heavy atom. The van der Waals surface area contributed by atoms with Crippen LogP contribution in [0.3, 0.4) is 0 Å². The van der Waals surface area contributed by atoms with Crippen LogP contribution in [0.15, 0.2) is 52.5 Å². The van der Waals surface area contributed by atoms with Gasteiger partial charge < -0.3 is 10.1 Å². The molecular weight excluding hydrogens is 491 g/mol. The van der Waals surface area contributed by atoms with Crippen LogP contribution in [0.5, 0.6) is 0 Å². The van der Waals surface area contributed by atoms with Crippen molar-refractivity contribution in [1.29, 1.82) is 0 Å². The zero-order valence-electron chi connectivity index (χ0n) is 20.9. The van der Waals surface area contributed by atoms with Gasteiger partial charge in [0.15, 0.2) is 0 Å². The van der Waals surface area contributed by atoms with Gasteiger partial charge in [-0.25, -0.2) is 0 Å². The zero-order valence-corrected chi connectivity index (χ0v) is 21.6. The van der Waals surface area contributed by atoms with Crippen LogP contribution in [-0.2, 0) is 16.1 Å². The molecule has 3 rings (SSSR count). The summed E-state index contributed by atoms with van der Waals surface area (Å²) in [6.45, 7) is 5.71. The number of carbonyl (C=O) groups is 1. The fraction of sp³-hybridized carbons (Fsp3) is 0.370. The molecule has 0 atom stereocenters. The molecule has 5 nitrogen and oxygen atoms in total. The maximum absolute atomic E-state index is 13.2. The Kier molecular flexibility index (Phi) is 8.29. The summed E-state index contributed by atoms with van der Waals surface area (Å²) in [4.78, 5) is 21.4. The number of aliphatic imine (C=N–C) groups is 2. The van der Waals surface area contributed by atoms with Crippen LogP contribution in [0.25, 0.3) is 5.70 Å². The Morgan fingerprint density at radius 3 is 2.44 bits per heavy atom. The van der Waals surface area contributed by atoms with E-state index in [1.165, 1.54) is 18.2 Å². The Labute approximate surface area is 214 Å². The minimum Gasteiger partial charge on any atom is -0.467 e. The number of alkyl halides is 3. The van der Waals surface area contributed by atoms with E-state index in [0.29, 0.717) is 34.7 Å². The number of allylic oxidation sites excluding steroid dienone is 1. The average Bonchev–Trinajstić information content (AvgIpc) is 2.80. The molecule has 0 aromatic heterocycles. The topological polar surface area (TPSA) is 63.0 Å². The standard InChI is InChI=1S/C27H29ClF3N3O2/c1-16-9-11-19(13-17(16)2)22-7-6-8-23(34-25(33-22)36-5)20-14-18(10-12-21(20)28)15-32-24(35)26(3,4)27(29,30)31/h8-14H,6-7,15H2,1-5H3,(H,32,35)/b23-8+,33-22?,34-25?. The first-order chi connectivity index (χ1) is 16.8. The van der Waals surface area contributed by atoms with E-state index in [1.807, 2.05) is 19.1 Å². The maximum Gasteiger partial charge on any atom is 0.402 e. The molecule has 2 aromatic rings. The van der Waals surface area contributed by atoms with Gasteiger partial charge in [-0.2, -0.15) is 23.2 Å². The van der Waals surface area contributed by atoms with Crippen molar-refractivity contribution in [1.82, 2.24) is 5.32 Å². The molecule has 0 bridgehead atoms. The van der Waals surface area contributed by atoms with E-state index < -0.39 is 17.5 Å². The molecule has 1 heterocycles. The number of ether oxygens (including phenoxy) is 1. The first-order valence-corrected chi connectivity index (χ1v) is 11.8. The van der Waals surface area contributed by atoms with Crippen molar-refractivity contribution in [3.05, 3.63) is 75.3 Å². The molecule has 0 saturated heterocycles. The third kappa shape index (κ3) is 6.16. The average molecular weight is 520 g/mol. The van der Waals surface area contributed by atoms with E-state index in [1.54, 1.807) is 18.2 Å². The molecule has 192 valence electrons. The molecule has 0 unspecified atom stereocenters. The maximum atomic E-state index is 13.2. The monoisotopic (exact) mass is 519 g/mol. The number of carbonyl (C=O) groups excluding carboxylic acids is 1. The lowest BCUT2D eigenvalue weighted by molar-refractivity contribution is -0.211. The largest absolute Gasteiger partial charge is 0.467 e. The van der Waals surface area contributed by atoms with Crippen LogP contribution >= 0.6 is 11.6 Å². The molecule has 1 aliphatic rings. The van der Waals surface area contributed by atoms with Crippen molar-refractivity contribution in [2.45, 2.75) is 53.3 Å². The zero-order chi connectivity index (χ0) is 26.7. The Bertz CT molecular complexity index is 1250. The lowest BCUT2D eigenvalue weighted by Crippen LogP contribution is -2.46. The fourth-order valence-electron chi connectivity index (χ4n) is 3.49. The van der Waals surface area contributed by atoms with Gasteiger partial charge >= 0.3 is 12.2 Å². The van der Waals surface area contributed by atoms with E-state index in [4.69, 9.17) is 16.3 Å². The molecule has 0 aliphatic carbocycles. The molecule has 36 heavy (non-hydrogen) atoms. The van der Waals surface area contributed by atoms with Crippen LogP contribution in [0, 0.1) is 19.3 Å². The second kappa shape index (κ2) is 10.9. The highest BCUT2D eigenvalue weighted by Gasteiger charge is 2.52. The smallest absolute Gasteiger partial charge is 0.402 e. The van der Waals surface area contributed by atoms with Gasteiger partial charge in [0.25, 0.3) is 0 Å². The van der Waals surface area contributed by atoms with Gasteiger partial charge in [-0.1, -0.05) is 35.9 Å². The van der Waals surface area contributed by atoms with E-state index in [2.05, 4.69) is 34.4 Å². The second-order valence-electron chi connectivity index (χ2n) is 9.20. The van der Waals surface area contributed by atoms with Gasteiger partial charge in [-0.05, 0) is 81.0 Å². The van der Waals surface area contributed by atoms with Crippen molar-refractivity contribution >= 4 is 34.9 Å². The quantitative estimate of drug-likeness (QED) is 0.473. The molecule has 0 spiro atoms. The second-order valence-corrected chi connectivity index (χ2v) is 9.61. The first-order valence-electron chi connectivity index (χ1n) is 11.5. The molecule has 9 heteroatoms. The highest BCUT2D eigenvalue weighted by Crippen LogP contribution is 2.37. The summed E-state index contributed by atoms with van der Waals surface area (Å²) in [5, 5.41) is 2.77. The summed E-state index contributed by atoms with van der Waals surface area (Å²) >= 11 is 6.44. The molecule has 1 amide bonds. The van der Waals surface area contributed by atoms with Gasteiger partial charge in [0, 0.05) is 17.1 Å². The first kappa shape index (κ1) is 27.5. The van der Waals surface area contributed by atoms with Gasteiger partial charge in [0.05, 0.1) is 18.5 Å². The predicted molar refractivity (Wildman–Crippen MR) is 137 cm³/mol. The predicted octanol–water partition coefficient (Wildman–Crippen LogP) is 6.79. The summed E-state index contributed by atoms with van der Waals surface area (Å²) in [6.07, 6.45) is -1.45. The van der Waals surface area contributed by atoms with Crippen molar-refractivity contribution in [2.75, 3.05) is 7.11 Å². The lowest BCUT2D eigenvalue weighted by atomic mass is 9.91. The van der Waals surface area contributed by atoms with Crippen LogP contribution < -0.4 is 5.32 Å². The molecule has 0 radical (unpaired) electrons. The number of hydrogen-bond acceptors (Lipinski definition) is 4. The van der Waals surface area contributed by atoms with Crippen LogP contribution in [-0.4, -0.2) is 30.9 Å². The van der Waals surface area contributed by atoms with Crippen LogP contribution in [0.1, 0.15) is 54.5 Å². The number of hydrogen-bond donors (Lipinski definition) is 1. The number of aryl methyl sites for hydroxylation is 2. The molecular formula is C27H29ClF3N3O2. The fourth-order valence-corrected chi connectivity index (χ4v) is 3.71. The summed E-state index contributed by atoms with van der Waals surface area (Å²) in [5.41, 5.74) is 3.38. The van der Waals surface area contributed by atoms with Crippen LogP contribution in [0.4, 0.5) is 13.2 Å². The number of amides is 1. The van der Waals surface area contributed by atoms with Gasteiger partial charge in [-0.3, -0.25) is 4.79 Å². The van der Waals surface area contributed by atoms with Gasteiger partial charge in [-0.15, -0.1) is 0 Å². The highest BCUT2D eigenvalue weighted by atomic mass is 35.5. The number of benzene rings is 2. The number of nitrogens with zero attached hydrogens (tertiary/aromatic N) is 2. The minimum absolute atomic E-state index is 0.0916. The van der Waals surface area contributed by atoms with E-state index in [-0.39, 0.29) is 12.6 Å². The summed E-state index contributed by atoms with van der Waals surface area (Å²) in [5.74, 6) is -1.11. The highest BCUT2D eigenvalue weighted by molar-refractivity contribution is 6.32. The summed E-state index contributed by atoms with van der Waals surface area (Å²) < 4.78 is 44.9. The van der Waals surface area contributed by atoms with E-state index >= 15 is 0 Å². The van der Waals surface area contributed by atoms with Crippen molar-refractivity contribution in [3.63, 3.8) is 0 Å². The van der Waals surface area contributed by atoms with Gasteiger partial charge in [0.2, 0.25) is 5.91 Å². The summed E-state index contributed by atoms with van der Waals surface area (Å²) in [7, 11) is 1.48. The van der Waals surface area contributed by atoms with Crippen molar-refractivity contribution < 1.29 is 22.7 Å². The van der Waals surface area contributed by atoms with Gasteiger partial charge in [0.1, 0.15) is 5.41 Å². The number of nitrogens with one attached hydrogen (secondary N) is 1.